The third-order valence-electron chi connectivity index (χ3n) is 3.23. The van der Waals surface area contributed by atoms with E-state index in [1.807, 2.05) is 20.8 Å². The number of hydrogen-bond donors (Lipinski definition) is 2. The molecule has 0 bridgehead atoms. The molecule has 2 aromatic rings. The van der Waals surface area contributed by atoms with Crippen LogP contribution in [0.2, 0.25) is 0 Å². The van der Waals surface area contributed by atoms with Crippen molar-refractivity contribution in [3.63, 3.8) is 0 Å². The van der Waals surface area contributed by atoms with Crippen molar-refractivity contribution in [1.29, 1.82) is 0 Å². The summed E-state index contributed by atoms with van der Waals surface area (Å²) in [7, 11) is 0. The van der Waals surface area contributed by atoms with Crippen molar-refractivity contribution >= 4 is 11.7 Å². The van der Waals surface area contributed by atoms with E-state index in [1.54, 1.807) is 0 Å². The molecule has 0 aliphatic carbocycles. The third-order valence-corrected chi connectivity index (χ3v) is 3.23. The minimum atomic E-state index is -1.35. The molecule has 0 atom stereocenters. The molecule has 0 unspecified atom stereocenters. The zero-order chi connectivity index (χ0) is 14.3. The average Bonchev–Trinajstić information content (AvgIpc) is 2.59. The topological polar surface area (TPSA) is 81.1 Å². The van der Waals surface area contributed by atoms with Crippen LogP contribution >= 0.6 is 0 Å². The third kappa shape index (κ3) is 2.05. The molecule has 1 aromatic heterocycles. The number of aromatic nitrogens is 2. The first kappa shape index (κ1) is 13.1. The van der Waals surface area contributed by atoms with E-state index in [0.717, 1.165) is 29.1 Å². The van der Waals surface area contributed by atoms with Gasteiger partial charge in [0.2, 0.25) is 0 Å². The fourth-order valence-corrected chi connectivity index (χ4v) is 1.88. The summed E-state index contributed by atoms with van der Waals surface area (Å²) in [6.07, 6.45) is 0. The van der Waals surface area contributed by atoms with Gasteiger partial charge in [0.15, 0.2) is 0 Å². The van der Waals surface area contributed by atoms with Gasteiger partial charge < -0.3 is 10.8 Å². The van der Waals surface area contributed by atoms with Crippen LogP contribution in [-0.2, 0) is 0 Å². The van der Waals surface area contributed by atoms with Crippen molar-refractivity contribution in [2.24, 2.45) is 0 Å². The van der Waals surface area contributed by atoms with Gasteiger partial charge in [-0.05, 0) is 32.4 Å². The normalized spacial score (nSPS) is 10.7. The molecule has 100 valence electrons. The van der Waals surface area contributed by atoms with Crippen LogP contribution in [-0.4, -0.2) is 20.9 Å². The molecule has 2 rings (SSSR count). The quantitative estimate of drug-likeness (QED) is 0.814. The van der Waals surface area contributed by atoms with Crippen molar-refractivity contribution in [3.05, 3.63) is 40.5 Å². The molecule has 1 heterocycles. The fraction of sp³-hybridized carbons (Fsp3) is 0.231. The number of hydrogen-bond acceptors (Lipinski definition) is 3. The second-order valence-electron chi connectivity index (χ2n) is 4.40. The number of halogens is 1. The maximum absolute atomic E-state index is 13.7. The molecular formula is C13H14FN3O2. The predicted molar refractivity (Wildman–Crippen MR) is 69.1 cm³/mol. The number of carboxylic acid groups (broad SMARTS) is 1. The predicted octanol–water partition coefficient (Wildman–Crippen LogP) is 2.22. The molecule has 0 spiro atoms. The number of benzene rings is 1. The van der Waals surface area contributed by atoms with E-state index < -0.39 is 17.3 Å². The Labute approximate surface area is 109 Å². The van der Waals surface area contributed by atoms with Crippen LogP contribution in [0, 0.1) is 26.6 Å². The number of carbonyl (C=O) groups is 1. The molecule has 1 aromatic carbocycles. The van der Waals surface area contributed by atoms with Crippen molar-refractivity contribution in [2.75, 3.05) is 5.73 Å². The number of anilines is 1. The highest BCUT2D eigenvalue weighted by Gasteiger charge is 2.17. The molecule has 6 heteroatoms. The minimum absolute atomic E-state index is 0.171. The number of rotatable bonds is 2. The summed E-state index contributed by atoms with van der Waals surface area (Å²) in [5, 5.41) is 13.1. The van der Waals surface area contributed by atoms with Crippen LogP contribution in [0.1, 0.15) is 27.3 Å². The lowest BCUT2D eigenvalue weighted by Gasteiger charge is -2.10. The van der Waals surface area contributed by atoms with Crippen LogP contribution < -0.4 is 5.73 Å². The minimum Gasteiger partial charge on any atom is -0.478 e. The summed E-state index contributed by atoms with van der Waals surface area (Å²) in [4.78, 5) is 10.8. The Balaban J connectivity index is 2.67. The molecule has 0 radical (unpaired) electrons. The monoisotopic (exact) mass is 263 g/mol. The smallest absolute Gasteiger partial charge is 0.338 e. The molecule has 0 aliphatic rings. The zero-order valence-corrected chi connectivity index (χ0v) is 10.9. The van der Waals surface area contributed by atoms with Gasteiger partial charge in [-0.2, -0.15) is 5.10 Å². The van der Waals surface area contributed by atoms with E-state index in [0.29, 0.717) is 5.69 Å². The summed E-state index contributed by atoms with van der Waals surface area (Å²) < 4.78 is 15.3. The maximum atomic E-state index is 13.7. The second-order valence-corrected chi connectivity index (χ2v) is 4.40. The molecule has 0 saturated carbocycles. The summed E-state index contributed by atoms with van der Waals surface area (Å²) in [5.74, 6) is -2.18. The molecule has 5 nitrogen and oxygen atoms in total. The molecule has 0 fully saturated rings. The average molecular weight is 263 g/mol. The second kappa shape index (κ2) is 4.38. The first-order chi connectivity index (χ1) is 8.82. The summed E-state index contributed by atoms with van der Waals surface area (Å²) in [5.41, 5.74) is 8.51. The van der Waals surface area contributed by atoms with Gasteiger partial charge in [0.05, 0.1) is 22.6 Å². The molecule has 0 aliphatic heterocycles. The van der Waals surface area contributed by atoms with Gasteiger partial charge in [0.1, 0.15) is 5.82 Å². The summed E-state index contributed by atoms with van der Waals surface area (Å²) in [6.45, 7) is 5.60. The first-order valence-electron chi connectivity index (χ1n) is 5.68. The zero-order valence-electron chi connectivity index (χ0n) is 10.9. The van der Waals surface area contributed by atoms with Gasteiger partial charge >= 0.3 is 5.97 Å². The number of aryl methyl sites for hydroxylation is 1. The maximum Gasteiger partial charge on any atom is 0.338 e. The van der Waals surface area contributed by atoms with Crippen LogP contribution in [0.15, 0.2) is 12.1 Å². The van der Waals surface area contributed by atoms with Gasteiger partial charge in [-0.15, -0.1) is 0 Å². The Kier molecular flexibility index (Phi) is 3.01. The van der Waals surface area contributed by atoms with E-state index in [9.17, 15) is 9.18 Å². The van der Waals surface area contributed by atoms with Gasteiger partial charge in [0.25, 0.3) is 0 Å². The van der Waals surface area contributed by atoms with Gasteiger partial charge in [-0.3, -0.25) is 0 Å². The van der Waals surface area contributed by atoms with E-state index in [4.69, 9.17) is 10.8 Å². The fourth-order valence-electron chi connectivity index (χ4n) is 1.88. The van der Waals surface area contributed by atoms with E-state index >= 15 is 0 Å². The van der Waals surface area contributed by atoms with Crippen molar-refractivity contribution in [2.45, 2.75) is 20.8 Å². The lowest BCUT2D eigenvalue weighted by Crippen LogP contribution is -2.08. The van der Waals surface area contributed by atoms with Crippen LogP contribution in [0.25, 0.3) is 5.69 Å². The Hall–Kier alpha value is -2.37. The van der Waals surface area contributed by atoms with Gasteiger partial charge in [-0.1, -0.05) is 0 Å². The summed E-state index contributed by atoms with van der Waals surface area (Å²) in [6, 6.07) is 2.20. The Bertz CT molecular complexity index is 677. The molecule has 3 N–H and O–H groups in total. The molecule has 0 saturated heterocycles. The van der Waals surface area contributed by atoms with Crippen molar-refractivity contribution < 1.29 is 14.3 Å². The Morgan fingerprint density at radius 1 is 1.37 bits per heavy atom. The molecular weight excluding hydrogens is 249 g/mol. The number of nitrogen functional groups attached to an aromatic ring is 1. The number of nitrogens with two attached hydrogens (primary N) is 1. The highest BCUT2D eigenvalue weighted by Crippen LogP contribution is 2.24. The SMILES string of the molecule is Cc1nn(-c2cc(F)c(C(=O)O)cc2N)c(C)c1C. The lowest BCUT2D eigenvalue weighted by atomic mass is 10.1. The largest absolute Gasteiger partial charge is 0.478 e. The van der Waals surface area contributed by atoms with Gasteiger partial charge in [-0.25, -0.2) is 13.9 Å². The van der Waals surface area contributed by atoms with Crippen molar-refractivity contribution in [1.82, 2.24) is 9.78 Å². The molecule has 19 heavy (non-hydrogen) atoms. The van der Waals surface area contributed by atoms with E-state index in [2.05, 4.69) is 5.10 Å². The van der Waals surface area contributed by atoms with Crippen molar-refractivity contribution in [3.8, 4) is 5.69 Å². The number of nitrogens with zero attached hydrogens (tertiary/aromatic N) is 2. The van der Waals surface area contributed by atoms with Crippen LogP contribution in [0.4, 0.5) is 10.1 Å². The first-order valence-corrected chi connectivity index (χ1v) is 5.68. The lowest BCUT2D eigenvalue weighted by molar-refractivity contribution is 0.0692. The number of aromatic carboxylic acids is 1. The Morgan fingerprint density at radius 2 is 2.00 bits per heavy atom. The van der Waals surface area contributed by atoms with Crippen LogP contribution in [0.3, 0.4) is 0 Å². The highest BCUT2D eigenvalue weighted by atomic mass is 19.1. The standard InChI is InChI=1S/C13H14FN3O2/c1-6-7(2)16-17(8(6)3)12-5-10(14)9(13(18)19)4-11(12)15/h4-5H,15H2,1-3H3,(H,18,19). The Morgan fingerprint density at radius 3 is 2.47 bits per heavy atom. The molecule has 0 amide bonds. The number of carboxylic acids is 1. The van der Waals surface area contributed by atoms with Crippen LogP contribution in [0.5, 0.6) is 0 Å². The van der Waals surface area contributed by atoms with Gasteiger partial charge in [0, 0.05) is 11.8 Å². The van der Waals surface area contributed by atoms with E-state index in [-0.39, 0.29) is 5.69 Å². The van der Waals surface area contributed by atoms with E-state index in [1.165, 1.54) is 4.68 Å². The highest BCUT2D eigenvalue weighted by molar-refractivity contribution is 5.90. The summed E-state index contributed by atoms with van der Waals surface area (Å²) >= 11 is 0.